The van der Waals surface area contributed by atoms with Gasteiger partial charge >= 0.3 is 5.97 Å². The Morgan fingerprint density at radius 3 is 2.26 bits per heavy atom. The zero-order valence-electron chi connectivity index (χ0n) is 12.0. The summed E-state index contributed by atoms with van der Waals surface area (Å²) in [6.45, 7) is 2.43. The molecule has 0 aromatic heterocycles. The molecule has 1 atom stereocenters. The molecule has 1 saturated heterocycles. The van der Waals surface area contributed by atoms with E-state index in [2.05, 4.69) is 0 Å². The molecular weight excluding hydrogens is 246 g/mol. The maximum absolute atomic E-state index is 12.7. The fourth-order valence-electron chi connectivity index (χ4n) is 3.32. The van der Waals surface area contributed by atoms with Gasteiger partial charge in [0.05, 0.1) is 7.11 Å². The highest BCUT2D eigenvalue weighted by Gasteiger charge is 2.52. The van der Waals surface area contributed by atoms with Crippen LogP contribution in [0.25, 0.3) is 0 Å². The molecule has 2 rings (SSSR count). The monoisotopic (exact) mass is 269 g/mol. The number of rotatable bonds is 3. The van der Waals surface area contributed by atoms with Crippen LogP contribution < -0.4 is 0 Å². The highest BCUT2D eigenvalue weighted by atomic mass is 16.5. The summed E-state index contributed by atoms with van der Waals surface area (Å²) >= 11 is 0. The van der Waals surface area contributed by atoms with E-state index in [1.165, 1.54) is 7.11 Å². The van der Waals surface area contributed by atoms with Crippen LogP contribution in [0.1, 0.15) is 45.4 Å². The van der Waals surface area contributed by atoms with Crippen LogP contribution >= 0.6 is 0 Å². The van der Waals surface area contributed by atoms with Crippen LogP contribution in [0.2, 0.25) is 0 Å². The van der Waals surface area contributed by atoms with Gasteiger partial charge < -0.3 is 14.4 Å². The zero-order valence-corrected chi connectivity index (χ0v) is 12.0. The van der Waals surface area contributed by atoms with Crippen molar-refractivity contribution in [2.45, 2.75) is 56.6 Å². The topological polar surface area (TPSA) is 55.8 Å². The van der Waals surface area contributed by atoms with Gasteiger partial charge in [0.25, 0.3) is 5.91 Å². The molecule has 0 aromatic rings. The number of esters is 1. The van der Waals surface area contributed by atoms with Crippen molar-refractivity contribution in [2.75, 3.05) is 20.8 Å². The highest BCUT2D eigenvalue weighted by molar-refractivity contribution is 5.92. The van der Waals surface area contributed by atoms with E-state index in [4.69, 9.17) is 9.47 Å². The quantitative estimate of drug-likeness (QED) is 0.729. The van der Waals surface area contributed by atoms with Gasteiger partial charge in [-0.2, -0.15) is 0 Å². The summed E-state index contributed by atoms with van der Waals surface area (Å²) in [6, 6.07) is 0. The molecule has 1 amide bonds. The molecule has 1 aliphatic heterocycles. The zero-order chi connectivity index (χ0) is 14.1. The van der Waals surface area contributed by atoms with Crippen LogP contribution in [0.5, 0.6) is 0 Å². The second-order valence-corrected chi connectivity index (χ2v) is 5.78. The first kappa shape index (κ1) is 14.3. The first-order chi connectivity index (χ1) is 8.96. The lowest BCUT2D eigenvalue weighted by molar-refractivity contribution is -0.168. The largest absolute Gasteiger partial charge is 0.467 e. The molecule has 1 aliphatic carbocycles. The van der Waals surface area contributed by atoms with Crippen molar-refractivity contribution in [3.63, 3.8) is 0 Å². The van der Waals surface area contributed by atoms with Crippen molar-refractivity contribution < 1.29 is 19.1 Å². The SMILES string of the molecule is COC(=O)C1(N(C)C(=O)C2(C)CCCO2)CCCC1. The van der Waals surface area contributed by atoms with Gasteiger partial charge in [-0.3, -0.25) is 4.79 Å². The maximum atomic E-state index is 12.7. The van der Waals surface area contributed by atoms with Crippen molar-refractivity contribution in [3.05, 3.63) is 0 Å². The molecule has 0 radical (unpaired) electrons. The van der Waals surface area contributed by atoms with E-state index in [1.54, 1.807) is 11.9 Å². The molecule has 2 aliphatic rings. The smallest absolute Gasteiger partial charge is 0.331 e. The second-order valence-electron chi connectivity index (χ2n) is 5.78. The molecular formula is C14H23NO4. The molecule has 19 heavy (non-hydrogen) atoms. The molecule has 1 heterocycles. The van der Waals surface area contributed by atoms with Gasteiger partial charge in [-0.05, 0) is 32.6 Å². The Morgan fingerprint density at radius 1 is 1.16 bits per heavy atom. The van der Waals surface area contributed by atoms with Crippen molar-refractivity contribution >= 4 is 11.9 Å². The van der Waals surface area contributed by atoms with Gasteiger partial charge in [-0.25, -0.2) is 4.79 Å². The molecule has 0 bridgehead atoms. The molecule has 0 aromatic carbocycles. The number of likely N-dealkylation sites (N-methyl/N-ethyl adjacent to an activating group) is 1. The second kappa shape index (κ2) is 5.12. The van der Waals surface area contributed by atoms with Gasteiger partial charge in [0.1, 0.15) is 11.1 Å². The van der Waals surface area contributed by atoms with Gasteiger partial charge in [0.15, 0.2) is 0 Å². The van der Waals surface area contributed by atoms with E-state index in [1.807, 2.05) is 6.92 Å². The summed E-state index contributed by atoms with van der Waals surface area (Å²) in [7, 11) is 3.09. The Kier molecular flexibility index (Phi) is 3.85. The number of hydrogen-bond donors (Lipinski definition) is 0. The predicted octanol–water partition coefficient (Wildman–Crippen LogP) is 1.50. The number of carbonyl (C=O) groups is 2. The Hall–Kier alpha value is -1.10. The van der Waals surface area contributed by atoms with E-state index >= 15 is 0 Å². The van der Waals surface area contributed by atoms with Crippen molar-refractivity contribution in [3.8, 4) is 0 Å². The molecule has 0 spiro atoms. The minimum Gasteiger partial charge on any atom is -0.467 e. The standard InChI is InChI=1S/C14H23NO4/c1-13(7-6-10-19-13)11(16)15(2)14(12(17)18-3)8-4-5-9-14/h4-10H2,1-3H3. The molecule has 1 saturated carbocycles. The van der Waals surface area contributed by atoms with E-state index in [9.17, 15) is 9.59 Å². The summed E-state index contributed by atoms with van der Waals surface area (Å²) in [5, 5.41) is 0. The molecule has 108 valence electrons. The Bertz CT molecular complexity index is 368. The maximum Gasteiger partial charge on any atom is 0.331 e. The van der Waals surface area contributed by atoms with Gasteiger partial charge in [0, 0.05) is 13.7 Å². The normalized spacial score (nSPS) is 29.2. The minimum atomic E-state index is -0.791. The fraction of sp³-hybridized carbons (Fsp3) is 0.857. The van der Waals surface area contributed by atoms with Crippen molar-refractivity contribution in [2.24, 2.45) is 0 Å². The van der Waals surface area contributed by atoms with E-state index < -0.39 is 11.1 Å². The first-order valence-corrected chi connectivity index (χ1v) is 6.97. The Labute approximate surface area is 114 Å². The first-order valence-electron chi connectivity index (χ1n) is 6.97. The summed E-state index contributed by atoms with van der Waals surface area (Å²) in [5.41, 5.74) is -1.57. The predicted molar refractivity (Wildman–Crippen MR) is 69.6 cm³/mol. The van der Waals surface area contributed by atoms with Crippen LogP contribution in [0.3, 0.4) is 0 Å². The molecule has 2 fully saturated rings. The van der Waals surface area contributed by atoms with Crippen LogP contribution in [-0.2, 0) is 19.1 Å². The third-order valence-corrected chi connectivity index (χ3v) is 4.61. The third-order valence-electron chi connectivity index (χ3n) is 4.61. The number of nitrogens with zero attached hydrogens (tertiary/aromatic N) is 1. The third kappa shape index (κ3) is 2.24. The lowest BCUT2D eigenvalue weighted by Crippen LogP contribution is -2.59. The number of amides is 1. The summed E-state index contributed by atoms with van der Waals surface area (Å²) in [4.78, 5) is 26.4. The van der Waals surface area contributed by atoms with Gasteiger partial charge in [-0.15, -0.1) is 0 Å². The lowest BCUT2D eigenvalue weighted by atomic mass is 9.92. The van der Waals surface area contributed by atoms with Gasteiger partial charge in [-0.1, -0.05) is 12.8 Å². The van der Waals surface area contributed by atoms with Gasteiger partial charge in [0.2, 0.25) is 0 Å². The molecule has 5 heteroatoms. The lowest BCUT2D eigenvalue weighted by Gasteiger charge is -2.39. The van der Waals surface area contributed by atoms with E-state index in [0.717, 1.165) is 19.3 Å². The van der Waals surface area contributed by atoms with Crippen LogP contribution in [0.4, 0.5) is 0 Å². The number of methoxy groups -OCH3 is 1. The van der Waals surface area contributed by atoms with Crippen LogP contribution in [0.15, 0.2) is 0 Å². The highest BCUT2D eigenvalue weighted by Crippen LogP contribution is 2.38. The number of ether oxygens (including phenoxy) is 2. The fourth-order valence-corrected chi connectivity index (χ4v) is 3.32. The van der Waals surface area contributed by atoms with E-state index in [-0.39, 0.29) is 11.9 Å². The summed E-state index contributed by atoms with van der Waals surface area (Å²) in [6.07, 6.45) is 4.86. The summed E-state index contributed by atoms with van der Waals surface area (Å²) < 4.78 is 10.5. The molecule has 0 N–H and O–H groups in total. The van der Waals surface area contributed by atoms with E-state index in [0.29, 0.717) is 25.9 Å². The molecule has 1 unspecified atom stereocenters. The Morgan fingerprint density at radius 2 is 1.79 bits per heavy atom. The van der Waals surface area contributed by atoms with Crippen molar-refractivity contribution in [1.82, 2.24) is 4.90 Å². The number of hydrogen-bond acceptors (Lipinski definition) is 4. The average molecular weight is 269 g/mol. The molecule has 5 nitrogen and oxygen atoms in total. The van der Waals surface area contributed by atoms with Crippen LogP contribution in [-0.4, -0.2) is 48.7 Å². The number of carbonyl (C=O) groups excluding carboxylic acids is 2. The Balaban J connectivity index is 2.22. The average Bonchev–Trinajstić information content (AvgIpc) is 3.06. The summed E-state index contributed by atoms with van der Waals surface area (Å²) in [5.74, 6) is -0.403. The van der Waals surface area contributed by atoms with Crippen molar-refractivity contribution in [1.29, 1.82) is 0 Å². The minimum absolute atomic E-state index is 0.0997. The van der Waals surface area contributed by atoms with Crippen LogP contribution in [0, 0.1) is 0 Å².